The van der Waals surface area contributed by atoms with E-state index >= 15 is 0 Å². The smallest absolute Gasteiger partial charge is 0.166 e. The van der Waals surface area contributed by atoms with Crippen LogP contribution in [-0.4, -0.2) is 0 Å². The van der Waals surface area contributed by atoms with Crippen molar-refractivity contribution in [1.29, 1.82) is 0 Å². The molecule has 4 heteroatoms. The molecule has 0 fully saturated rings. The van der Waals surface area contributed by atoms with E-state index in [0.29, 0.717) is 5.56 Å². The van der Waals surface area contributed by atoms with E-state index in [2.05, 4.69) is 9.24 Å². The molecule has 0 bridgehead atoms. The second kappa shape index (κ2) is 3.90. The maximum Gasteiger partial charge on any atom is 0.416 e. The normalized spacial score (nSPS) is 14.1. The molecule has 0 radical (unpaired) electrons. The van der Waals surface area contributed by atoms with Gasteiger partial charge in [0.1, 0.15) is 0 Å². The van der Waals surface area contributed by atoms with Gasteiger partial charge in [-0.25, -0.2) is 0 Å². The van der Waals surface area contributed by atoms with Gasteiger partial charge < -0.3 is 0 Å². The zero-order valence-corrected chi connectivity index (χ0v) is 9.18. The Morgan fingerprint density at radius 3 is 2.21 bits per heavy atom. The lowest BCUT2D eigenvalue weighted by atomic mass is 10.0. The van der Waals surface area contributed by atoms with Crippen molar-refractivity contribution in [2.75, 3.05) is 0 Å². The van der Waals surface area contributed by atoms with E-state index in [4.69, 9.17) is 0 Å². The van der Waals surface area contributed by atoms with Crippen LogP contribution in [0.1, 0.15) is 29.3 Å². The number of hydrogen-bond acceptors (Lipinski definition) is 0. The summed E-state index contributed by atoms with van der Waals surface area (Å²) in [6, 6.07) is 3.86. The average molecular weight is 220 g/mol. The number of rotatable bonds is 1. The maximum absolute atomic E-state index is 12.3. The first-order valence-corrected chi connectivity index (χ1v) is 4.92. The minimum Gasteiger partial charge on any atom is -0.166 e. The molecule has 78 valence electrons. The third-order valence-electron chi connectivity index (χ3n) is 2.09. The molecule has 0 aliphatic carbocycles. The third kappa shape index (κ3) is 2.48. The fourth-order valence-electron chi connectivity index (χ4n) is 1.36. The highest BCUT2D eigenvalue weighted by atomic mass is 31.0. The lowest BCUT2D eigenvalue weighted by Crippen LogP contribution is -2.05. The zero-order chi connectivity index (χ0) is 10.9. The van der Waals surface area contributed by atoms with Crippen LogP contribution >= 0.6 is 9.24 Å². The molecule has 1 aromatic rings. The highest BCUT2D eigenvalue weighted by Gasteiger charge is 2.30. The van der Waals surface area contributed by atoms with Crippen LogP contribution in [-0.2, 0) is 6.18 Å². The fraction of sp³-hybridized carbons (Fsp3) is 0.400. The van der Waals surface area contributed by atoms with Crippen molar-refractivity contribution in [2.45, 2.75) is 25.7 Å². The molecule has 0 amide bonds. The van der Waals surface area contributed by atoms with Crippen molar-refractivity contribution in [2.24, 2.45) is 0 Å². The molecule has 0 saturated carbocycles. The number of halogens is 3. The molecular formula is C10H12F3P. The summed E-state index contributed by atoms with van der Waals surface area (Å²) < 4.78 is 36.9. The molecule has 1 rings (SSSR count). The molecule has 0 aromatic heterocycles. The quantitative estimate of drug-likeness (QED) is 0.628. The first kappa shape index (κ1) is 11.5. The highest BCUT2D eigenvalue weighted by Crippen LogP contribution is 2.33. The van der Waals surface area contributed by atoms with E-state index in [1.165, 1.54) is 12.1 Å². The van der Waals surface area contributed by atoms with Crippen molar-refractivity contribution in [3.05, 3.63) is 34.9 Å². The summed E-state index contributed by atoms with van der Waals surface area (Å²) in [5.41, 5.74) is 1.21. The van der Waals surface area contributed by atoms with Gasteiger partial charge in [-0.2, -0.15) is 13.2 Å². The maximum atomic E-state index is 12.3. The Kier molecular flexibility index (Phi) is 3.20. The molecule has 1 aromatic carbocycles. The summed E-state index contributed by atoms with van der Waals surface area (Å²) >= 11 is 0. The van der Waals surface area contributed by atoms with E-state index in [0.717, 1.165) is 11.6 Å². The summed E-state index contributed by atoms with van der Waals surface area (Å²) in [7, 11) is 2.57. The summed E-state index contributed by atoms with van der Waals surface area (Å²) in [6.45, 7) is 3.63. The number of alkyl halides is 3. The molecule has 0 aliphatic heterocycles. The van der Waals surface area contributed by atoms with Gasteiger partial charge in [0, 0.05) is 0 Å². The van der Waals surface area contributed by atoms with Crippen molar-refractivity contribution < 1.29 is 13.2 Å². The molecule has 0 N–H and O–H groups in total. The summed E-state index contributed by atoms with van der Waals surface area (Å²) in [6.07, 6.45) is -4.24. The van der Waals surface area contributed by atoms with Gasteiger partial charge in [-0.15, -0.1) is 9.24 Å². The Balaban J connectivity index is 3.13. The molecule has 0 saturated heterocycles. The van der Waals surface area contributed by atoms with Crippen molar-refractivity contribution in [1.82, 2.24) is 0 Å². The summed E-state index contributed by atoms with van der Waals surface area (Å²) in [4.78, 5) is 0. The summed E-state index contributed by atoms with van der Waals surface area (Å²) in [5, 5.41) is 0. The van der Waals surface area contributed by atoms with Crippen LogP contribution in [0.25, 0.3) is 0 Å². The molecular weight excluding hydrogens is 208 g/mol. The van der Waals surface area contributed by atoms with Gasteiger partial charge in [-0.05, 0) is 35.8 Å². The third-order valence-corrected chi connectivity index (χ3v) is 2.45. The molecule has 1 unspecified atom stereocenters. The van der Waals surface area contributed by atoms with Crippen LogP contribution in [0.5, 0.6) is 0 Å². The van der Waals surface area contributed by atoms with Crippen LogP contribution in [0.2, 0.25) is 0 Å². The molecule has 0 nitrogen and oxygen atoms in total. The number of aryl methyl sites for hydroxylation is 1. The van der Waals surface area contributed by atoms with Gasteiger partial charge in [-0.3, -0.25) is 0 Å². The number of benzene rings is 1. The Morgan fingerprint density at radius 2 is 1.86 bits per heavy atom. The molecule has 0 heterocycles. The van der Waals surface area contributed by atoms with Crippen LogP contribution < -0.4 is 0 Å². The SMILES string of the molecule is Cc1cc(C(F)(F)F)ccc1[C@H](C)P. The lowest BCUT2D eigenvalue weighted by Gasteiger charge is -2.12. The number of hydrogen-bond donors (Lipinski definition) is 0. The zero-order valence-electron chi connectivity index (χ0n) is 8.02. The van der Waals surface area contributed by atoms with Gasteiger partial charge >= 0.3 is 6.18 Å². The average Bonchev–Trinajstić information content (AvgIpc) is 2.01. The van der Waals surface area contributed by atoms with Crippen molar-refractivity contribution >= 4 is 9.24 Å². The van der Waals surface area contributed by atoms with Gasteiger partial charge in [0.15, 0.2) is 0 Å². The first-order chi connectivity index (χ1) is 6.32. The summed E-state index contributed by atoms with van der Waals surface area (Å²) in [5.74, 6) is 0. The van der Waals surface area contributed by atoms with E-state index in [-0.39, 0.29) is 5.66 Å². The van der Waals surface area contributed by atoms with Gasteiger partial charge in [0.25, 0.3) is 0 Å². The van der Waals surface area contributed by atoms with E-state index in [1.54, 1.807) is 6.92 Å². The van der Waals surface area contributed by atoms with E-state index in [9.17, 15) is 13.2 Å². The lowest BCUT2D eigenvalue weighted by molar-refractivity contribution is -0.137. The van der Waals surface area contributed by atoms with Crippen molar-refractivity contribution in [3.8, 4) is 0 Å². The monoisotopic (exact) mass is 220 g/mol. The standard InChI is InChI=1S/C10H12F3P/c1-6-5-8(10(11,12)13)3-4-9(6)7(2)14/h3-5,7H,14H2,1-2H3/t7-/m0/s1. The molecule has 14 heavy (non-hydrogen) atoms. The second-order valence-electron chi connectivity index (χ2n) is 3.36. The van der Waals surface area contributed by atoms with Crippen LogP contribution in [0.4, 0.5) is 13.2 Å². The predicted octanol–water partition coefficient (Wildman–Crippen LogP) is 3.95. The fourth-order valence-corrected chi connectivity index (χ4v) is 1.74. The minimum atomic E-state index is -4.24. The Labute approximate surface area is 83.7 Å². The van der Waals surface area contributed by atoms with Gasteiger partial charge in [-0.1, -0.05) is 13.0 Å². The molecule has 0 spiro atoms. The van der Waals surface area contributed by atoms with Crippen LogP contribution in [0.3, 0.4) is 0 Å². The minimum absolute atomic E-state index is 0.178. The topological polar surface area (TPSA) is 0 Å². The van der Waals surface area contributed by atoms with Crippen LogP contribution in [0, 0.1) is 6.92 Å². The first-order valence-electron chi connectivity index (χ1n) is 4.25. The van der Waals surface area contributed by atoms with E-state index in [1.807, 2.05) is 6.92 Å². The van der Waals surface area contributed by atoms with Crippen molar-refractivity contribution in [3.63, 3.8) is 0 Å². The van der Waals surface area contributed by atoms with Gasteiger partial charge in [0.05, 0.1) is 5.56 Å². The Hall–Kier alpha value is -0.560. The van der Waals surface area contributed by atoms with Gasteiger partial charge in [0.2, 0.25) is 0 Å². The Morgan fingerprint density at radius 1 is 1.29 bits per heavy atom. The Bertz CT molecular complexity index is 329. The molecule has 0 aliphatic rings. The van der Waals surface area contributed by atoms with E-state index < -0.39 is 11.7 Å². The predicted molar refractivity (Wildman–Crippen MR) is 54.3 cm³/mol. The van der Waals surface area contributed by atoms with Crippen LogP contribution in [0.15, 0.2) is 18.2 Å². The largest absolute Gasteiger partial charge is 0.416 e. The second-order valence-corrected chi connectivity index (χ2v) is 4.36. The highest BCUT2D eigenvalue weighted by molar-refractivity contribution is 7.17. The molecule has 2 atom stereocenters.